The van der Waals surface area contributed by atoms with E-state index in [-0.39, 0.29) is 18.2 Å². The third-order valence-corrected chi connectivity index (χ3v) is 6.18. The summed E-state index contributed by atoms with van der Waals surface area (Å²) in [5.41, 5.74) is 3.17. The molecule has 3 aromatic rings. The molecule has 1 heterocycles. The molecule has 0 aliphatic carbocycles. The van der Waals surface area contributed by atoms with Gasteiger partial charge in [-0.25, -0.2) is 4.79 Å². The smallest absolute Gasteiger partial charge is 0.317 e. The van der Waals surface area contributed by atoms with Crippen LogP contribution in [0, 0.1) is 0 Å². The standard InChI is InChI=1S/C26H26Cl2N2O2/c27-21-14-12-20(13-15-21)25(23-10-4-5-11-24(23)28)32-22-17-30(18-22)26(31)29-16-6-9-19-7-2-1-3-8-19/h1-5,7-8,10-15,22,25H,6,9,16-18H2,(H,29,31). The summed E-state index contributed by atoms with van der Waals surface area (Å²) in [7, 11) is 0. The van der Waals surface area contributed by atoms with Crippen LogP contribution in [0.3, 0.4) is 0 Å². The normalized spacial score (nSPS) is 14.6. The number of halogens is 2. The van der Waals surface area contributed by atoms with Gasteiger partial charge in [-0.15, -0.1) is 0 Å². The zero-order valence-corrected chi connectivity index (χ0v) is 19.2. The van der Waals surface area contributed by atoms with Gasteiger partial charge in [0, 0.05) is 22.2 Å². The molecular formula is C26H26Cl2N2O2. The van der Waals surface area contributed by atoms with E-state index >= 15 is 0 Å². The lowest BCUT2D eigenvalue weighted by Gasteiger charge is -2.40. The number of hydrogen-bond donors (Lipinski definition) is 1. The molecule has 0 aromatic heterocycles. The molecular weight excluding hydrogens is 443 g/mol. The first-order chi connectivity index (χ1) is 15.6. The number of likely N-dealkylation sites (tertiary alicyclic amines) is 1. The van der Waals surface area contributed by atoms with E-state index in [0.29, 0.717) is 29.7 Å². The first-order valence-electron chi connectivity index (χ1n) is 10.8. The quantitative estimate of drug-likeness (QED) is 0.404. The molecule has 4 rings (SSSR count). The van der Waals surface area contributed by atoms with Crippen molar-refractivity contribution in [2.24, 2.45) is 0 Å². The molecule has 1 aliphatic heterocycles. The number of hydrogen-bond acceptors (Lipinski definition) is 2. The third kappa shape index (κ3) is 5.83. The maximum absolute atomic E-state index is 12.4. The molecule has 166 valence electrons. The summed E-state index contributed by atoms with van der Waals surface area (Å²) in [6.07, 6.45) is 1.49. The molecule has 0 saturated carbocycles. The van der Waals surface area contributed by atoms with Gasteiger partial charge >= 0.3 is 6.03 Å². The minimum Gasteiger partial charge on any atom is -0.362 e. The van der Waals surface area contributed by atoms with Gasteiger partial charge in [0.1, 0.15) is 6.10 Å². The summed E-state index contributed by atoms with van der Waals surface area (Å²) in [5, 5.41) is 4.33. The summed E-state index contributed by atoms with van der Waals surface area (Å²) in [4.78, 5) is 14.2. The van der Waals surface area contributed by atoms with Crippen LogP contribution in [-0.4, -0.2) is 36.7 Å². The van der Waals surface area contributed by atoms with Crippen LogP contribution >= 0.6 is 23.2 Å². The Kier molecular flexibility index (Phi) is 7.69. The lowest BCUT2D eigenvalue weighted by Crippen LogP contribution is -2.58. The molecule has 32 heavy (non-hydrogen) atoms. The molecule has 0 spiro atoms. The molecule has 1 fully saturated rings. The van der Waals surface area contributed by atoms with Gasteiger partial charge in [-0.2, -0.15) is 0 Å². The van der Waals surface area contributed by atoms with E-state index in [1.54, 1.807) is 4.90 Å². The van der Waals surface area contributed by atoms with Gasteiger partial charge in [0.2, 0.25) is 0 Å². The fourth-order valence-corrected chi connectivity index (χ4v) is 4.14. The van der Waals surface area contributed by atoms with E-state index in [2.05, 4.69) is 17.4 Å². The topological polar surface area (TPSA) is 41.6 Å². The van der Waals surface area contributed by atoms with Crippen molar-refractivity contribution in [2.75, 3.05) is 19.6 Å². The van der Waals surface area contributed by atoms with Crippen LogP contribution in [0.15, 0.2) is 78.9 Å². The van der Waals surface area contributed by atoms with Crippen LogP contribution in [0.2, 0.25) is 10.0 Å². The average molecular weight is 469 g/mol. The first kappa shape index (κ1) is 22.7. The molecule has 1 aliphatic rings. The highest BCUT2D eigenvalue weighted by Crippen LogP contribution is 2.34. The minimum atomic E-state index is -0.318. The van der Waals surface area contributed by atoms with Crippen molar-refractivity contribution in [3.63, 3.8) is 0 Å². The fraction of sp³-hybridized carbons (Fsp3) is 0.269. The Morgan fingerprint density at radius 2 is 1.66 bits per heavy atom. The predicted octanol–water partition coefficient (Wildman–Crippen LogP) is 6.13. The number of carbonyl (C=O) groups is 1. The number of aryl methyl sites for hydroxylation is 1. The summed E-state index contributed by atoms with van der Waals surface area (Å²) >= 11 is 12.5. The molecule has 1 atom stereocenters. The number of urea groups is 1. The van der Waals surface area contributed by atoms with E-state index < -0.39 is 0 Å². The maximum Gasteiger partial charge on any atom is 0.317 e. The zero-order valence-electron chi connectivity index (χ0n) is 17.7. The summed E-state index contributed by atoms with van der Waals surface area (Å²) < 4.78 is 6.39. The van der Waals surface area contributed by atoms with Gasteiger partial charge in [-0.1, -0.05) is 83.9 Å². The van der Waals surface area contributed by atoms with Gasteiger partial charge in [0.25, 0.3) is 0 Å². The second-order valence-corrected chi connectivity index (χ2v) is 8.78. The predicted molar refractivity (Wildman–Crippen MR) is 129 cm³/mol. The lowest BCUT2D eigenvalue weighted by atomic mass is 10.0. The second-order valence-electron chi connectivity index (χ2n) is 7.94. The molecule has 0 bridgehead atoms. The molecule has 1 saturated heterocycles. The highest BCUT2D eigenvalue weighted by Gasteiger charge is 2.34. The zero-order chi connectivity index (χ0) is 22.3. The Labute approximate surface area is 199 Å². The Morgan fingerprint density at radius 3 is 2.38 bits per heavy atom. The Morgan fingerprint density at radius 1 is 0.969 bits per heavy atom. The van der Waals surface area contributed by atoms with Crippen molar-refractivity contribution in [3.05, 3.63) is 106 Å². The van der Waals surface area contributed by atoms with E-state index in [9.17, 15) is 4.79 Å². The molecule has 6 heteroatoms. The summed E-state index contributed by atoms with van der Waals surface area (Å²) in [6.45, 7) is 1.76. The fourth-order valence-electron chi connectivity index (χ4n) is 3.78. The van der Waals surface area contributed by atoms with Crippen molar-refractivity contribution in [3.8, 4) is 0 Å². The monoisotopic (exact) mass is 468 g/mol. The molecule has 1 unspecified atom stereocenters. The van der Waals surface area contributed by atoms with Crippen molar-refractivity contribution < 1.29 is 9.53 Å². The molecule has 1 N–H and O–H groups in total. The van der Waals surface area contributed by atoms with Crippen LogP contribution in [0.25, 0.3) is 0 Å². The number of amides is 2. The molecule has 4 nitrogen and oxygen atoms in total. The van der Waals surface area contributed by atoms with Crippen LogP contribution < -0.4 is 5.32 Å². The van der Waals surface area contributed by atoms with Gasteiger partial charge in [0.05, 0.1) is 19.2 Å². The third-order valence-electron chi connectivity index (χ3n) is 5.59. The van der Waals surface area contributed by atoms with Gasteiger partial charge in [-0.05, 0) is 42.2 Å². The van der Waals surface area contributed by atoms with Crippen molar-refractivity contribution in [2.45, 2.75) is 25.0 Å². The molecule has 3 aromatic carbocycles. The van der Waals surface area contributed by atoms with Crippen LogP contribution in [0.4, 0.5) is 4.79 Å². The highest BCUT2D eigenvalue weighted by molar-refractivity contribution is 6.31. The van der Waals surface area contributed by atoms with E-state index in [4.69, 9.17) is 27.9 Å². The number of carbonyl (C=O) groups excluding carboxylic acids is 1. The maximum atomic E-state index is 12.4. The molecule has 0 radical (unpaired) electrons. The van der Waals surface area contributed by atoms with E-state index in [0.717, 1.165) is 24.0 Å². The van der Waals surface area contributed by atoms with Gasteiger partial charge in [-0.3, -0.25) is 0 Å². The molecule has 2 amide bonds. The van der Waals surface area contributed by atoms with Gasteiger partial charge in [0.15, 0.2) is 0 Å². The summed E-state index contributed by atoms with van der Waals surface area (Å²) in [6, 6.07) is 25.5. The SMILES string of the molecule is O=C(NCCCc1ccccc1)N1CC(OC(c2ccc(Cl)cc2)c2ccccc2Cl)C1. The Balaban J connectivity index is 1.29. The Hall–Kier alpha value is -2.53. The largest absolute Gasteiger partial charge is 0.362 e. The highest BCUT2D eigenvalue weighted by atomic mass is 35.5. The van der Waals surface area contributed by atoms with Crippen LogP contribution in [-0.2, 0) is 11.2 Å². The Bertz CT molecular complexity index is 1020. The van der Waals surface area contributed by atoms with Crippen molar-refractivity contribution >= 4 is 29.2 Å². The number of nitrogens with one attached hydrogen (secondary N) is 1. The van der Waals surface area contributed by atoms with Gasteiger partial charge < -0.3 is 15.0 Å². The van der Waals surface area contributed by atoms with Crippen molar-refractivity contribution in [1.29, 1.82) is 0 Å². The minimum absolute atomic E-state index is 0.0429. The average Bonchev–Trinajstić information content (AvgIpc) is 2.78. The van der Waals surface area contributed by atoms with Crippen molar-refractivity contribution in [1.82, 2.24) is 10.2 Å². The number of nitrogens with zero attached hydrogens (tertiary/aromatic N) is 1. The second kappa shape index (κ2) is 10.9. The number of benzene rings is 3. The lowest BCUT2D eigenvalue weighted by molar-refractivity contribution is -0.0645. The van der Waals surface area contributed by atoms with E-state index in [1.165, 1.54) is 5.56 Å². The number of rotatable bonds is 8. The summed E-state index contributed by atoms with van der Waals surface area (Å²) in [5.74, 6) is 0. The van der Waals surface area contributed by atoms with Crippen LogP contribution in [0.1, 0.15) is 29.2 Å². The number of ether oxygens (including phenoxy) is 1. The van der Waals surface area contributed by atoms with Crippen LogP contribution in [0.5, 0.6) is 0 Å². The van der Waals surface area contributed by atoms with E-state index in [1.807, 2.05) is 66.7 Å². The first-order valence-corrected chi connectivity index (χ1v) is 11.6.